The second kappa shape index (κ2) is 4.81. The van der Waals surface area contributed by atoms with E-state index in [2.05, 4.69) is 10.1 Å². The van der Waals surface area contributed by atoms with Gasteiger partial charge in [0.1, 0.15) is 0 Å². The van der Waals surface area contributed by atoms with E-state index in [0.29, 0.717) is 10.7 Å². The van der Waals surface area contributed by atoms with Crippen LogP contribution in [0.5, 0.6) is 0 Å². The Morgan fingerprint density at radius 3 is 2.33 bits per heavy atom. The van der Waals surface area contributed by atoms with Gasteiger partial charge in [0.2, 0.25) is 0 Å². The Labute approximate surface area is 110 Å². The predicted molar refractivity (Wildman–Crippen MR) is 63.2 cm³/mol. The molecule has 1 aromatic carbocycles. The lowest BCUT2D eigenvalue weighted by Gasteiger charge is -2.03. The molecule has 0 aliphatic heterocycles. The highest BCUT2D eigenvalue weighted by Crippen LogP contribution is 2.29. The SMILES string of the molecule is CSc1nc(C(F)(F)F)nn1-c1ccc(Cl)cc1. The Morgan fingerprint density at radius 2 is 1.83 bits per heavy atom. The van der Waals surface area contributed by atoms with E-state index in [0.717, 1.165) is 16.4 Å². The molecule has 0 spiro atoms. The number of rotatable bonds is 2. The van der Waals surface area contributed by atoms with Gasteiger partial charge in [-0.2, -0.15) is 18.2 Å². The molecule has 0 aliphatic rings. The predicted octanol–water partition coefficient (Wildman–Crippen LogP) is 3.66. The van der Waals surface area contributed by atoms with Crippen molar-refractivity contribution in [3.05, 3.63) is 35.1 Å². The Bertz CT molecular complexity index is 550. The number of nitrogens with zero attached hydrogens (tertiary/aromatic N) is 3. The Kier molecular flexibility index (Phi) is 3.54. The van der Waals surface area contributed by atoms with Gasteiger partial charge in [-0.1, -0.05) is 23.4 Å². The van der Waals surface area contributed by atoms with Crippen LogP contribution in [0.3, 0.4) is 0 Å². The number of aromatic nitrogens is 3. The monoisotopic (exact) mass is 293 g/mol. The molecule has 0 unspecified atom stereocenters. The highest BCUT2D eigenvalue weighted by atomic mass is 35.5. The van der Waals surface area contributed by atoms with Crippen LogP contribution in [0.1, 0.15) is 5.82 Å². The van der Waals surface area contributed by atoms with Crippen molar-refractivity contribution < 1.29 is 13.2 Å². The van der Waals surface area contributed by atoms with Crippen molar-refractivity contribution in [1.82, 2.24) is 14.8 Å². The molecular weight excluding hydrogens is 287 g/mol. The van der Waals surface area contributed by atoms with E-state index in [1.54, 1.807) is 30.5 Å². The molecule has 2 aromatic rings. The third-order valence-electron chi connectivity index (χ3n) is 2.08. The summed E-state index contributed by atoms with van der Waals surface area (Å²) in [7, 11) is 0. The molecule has 3 nitrogen and oxygen atoms in total. The first kappa shape index (κ1) is 13.2. The first-order valence-electron chi connectivity index (χ1n) is 4.76. The Hall–Kier alpha value is -1.21. The zero-order chi connectivity index (χ0) is 13.3. The lowest BCUT2D eigenvalue weighted by molar-refractivity contribution is -0.145. The summed E-state index contributed by atoms with van der Waals surface area (Å²) in [5.74, 6) is -1.15. The molecular formula is C10H7ClF3N3S. The number of alkyl halides is 3. The van der Waals surface area contributed by atoms with Gasteiger partial charge in [-0.05, 0) is 30.5 Å². The molecule has 96 valence electrons. The van der Waals surface area contributed by atoms with Crippen molar-refractivity contribution in [1.29, 1.82) is 0 Å². The van der Waals surface area contributed by atoms with E-state index in [1.807, 2.05) is 0 Å². The molecule has 2 rings (SSSR count). The maximum atomic E-state index is 12.5. The smallest absolute Gasteiger partial charge is 0.207 e. The van der Waals surface area contributed by atoms with Crippen LogP contribution in [0.2, 0.25) is 5.02 Å². The first-order valence-corrected chi connectivity index (χ1v) is 6.36. The van der Waals surface area contributed by atoms with Gasteiger partial charge in [0.15, 0.2) is 5.16 Å². The zero-order valence-electron chi connectivity index (χ0n) is 9.07. The second-order valence-electron chi connectivity index (χ2n) is 3.31. The standard InChI is InChI=1S/C10H7ClF3N3S/c1-18-9-15-8(10(12,13)14)16-17(9)7-4-2-6(11)3-5-7/h2-5H,1H3. The summed E-state index contributed by atoms with van der Waals surface area (Å²) in [6.07, 6.45) is -2.92. The third kappa shape index (κ3) is 2.62. The van der Waals surface area contributed by atoms with E-state index in [9.17, 15) is 13.2 Å². The first-order chi connectivity index (χ1) is 8.41. The summed E-state index contributed by atoms with van der Waals surface area (Å²) in [6.45, 7) is 0. The number of benzene rings is 1. The van der Waals surface area contributed by atoms with Gasteiger partial charge >= 0.3 is 6.18 Å². The number of hydrogen-bond acceptors (Lipinski definition) is 3. The molecule has 1 aromatic heterocycles. The summed E-state index contributed by atoms with van der Waals surface area (Å²) in [6, 6.07) is 6.32. The van der Waals surface area contributed by atoms with Crippen LogP contribution < -0.4 is 0 Å². The molecule has 0 saturated carbocycles. The van der Waals surface area contributed by atoms with Crippen LogP contribution >= 0.6 is 23.4 Å². The minimum Gasteiger partial charge on any atom is -0.207 e. The van der Waals surface area contributed by atoms with Crippen LogP contribution in [0.15, 0.2) is 29.4 Å². The van der Waals surface area contributed by atoms with Gasteiger partial charge in [0, 0.05) is 5.02 Å². The molecule has 0 aliphatic carbocycles. The normalized spacial score (nSPS) is 11.8. The van der Waals surface area contributed by atoms with Gasteiger partial charge in [-0.3, -0.25) is 0 Å². The molecule has 0 saturated heterocycles. The summed E-state index contributed by atoms with van der Waals surface area (Å²) in [4.78, 5) is 3.46. The van der Waals surface area contributed by atoms with E-state index >= 15 is 0 Å². The molecule has 0 amide bonds. The molecule has 1 heterocycles. The highest BCUT2D eigenvalue weighted by molar-refractivity contribution is 7.98. The van der Waals surface area contributed by atoms with E-state index in [-0.39, 0.29) is 5.16 Å². The largest absolute Gasteiger partial charge is 0.453 e. The zero-order valence-corrected chi connectivity index (χ0v) is 10.6. The quantitative estimate of drug-likeness (QED) is 0.792. The molecule has 8 heteroatoms. The second-order valence-corrected chi connectivity index (χ2v) is 4.52. The summed E-state index contributed by atoms with van der Waals surface area (Å²) >= 11 is 6.81. The molecule has 0 fully saturated rings. The Balaban J connectivity index is 2.50. The maximum absolute atomic E-state index is 12.5. The van der Waals surface area contributed by atoms with Gasteiger partial charge < -0.3 is 0 Å². The summed E-state index contributed by atoms with van der Waals surface area (Å²) in [5.41, 5.74) is 0.478. The molecule has 18 heavy (non-hydrogen) atoms. The van der Waals surface area contributed by atoms with Crippen molar-refractivity contribution in [2.75, 3.05) is 6.26 Å². The maximum Gasteiger partial charge on any atom is 0.453 e. The molecule has 0 N–H and O–H groups in total. The van der Waals surface area contributed by atoms with Crippen LogP contribution in [-0.4, -0.2) is 21.0 Å². The minimum absolute atomic E-state index is 0.171. The van der Waals surface area contributed by atoms with E-state index in [4.69, 9.17) is 11.6 Å². The van der Waals surface area contributed by atoms with Crippen molar-refractivity contribution in [3.8, 4) is 5.69 Å². The average molecular weight is 294 g/mol. The van der Waals surface area contributed by atoms with Crippen LogP contribution in [0.4, 0.5) is 13.2 Å². The van der Waals surface area contributed by atoms with Gasteiger partial charge in [-0.15, -0.1) is 5.10 Å². The molecule has 0 atom stereocenters. The average Bonchev–Trinajstić information content (AvgIpc) is 2.73. The number of thioether (sulfide) groups is 1. The fraction of sp³-hybridized carbons (Fsp3) is 0.200. The van der Waals surface area contributed by atoms with E-state index in [1.165, 1.54) is 0 Å². The van der Waals surface area contributed by atoms with Crippen molar-refractivity contribution >= 4 is 23.4 Å². The third-order valence-corrected chi connectivity index (χ3v) is 2.97. The number of hydrogen-bond donors (Lipinski definition) is 0. The fourth-order valence-electron chi connectivity index (χ4n) is 1.30. The molecule has 0 radical (unpaired) electrons. The lowest BCUT2D eigenvalue weighted by Crippen LogP contribution is -2.08. The summed E-state index contributed by atoms with van der Waals surface area (Å²) < 4.78 is 38.7. The van der Waals surface area contributed by atoms with Crippen LogP contribution in [0.25, 0.3) is 5.69 Å². The fourth-order valence-corrected chi connectivity index (χ4v) is 1.92. The van der Waals surface area contributed by atoms with Gasteiger partial charge in [-0.25, -0.2) is 4.68 Å². The number of halogens is 4. The summed E-state index contributed by atoms with van der Waals surface area (Å²) in [5, 5.41) is 4.14. The van der Waals surface area contributed by atoms with Crippen LogP contribution in [-0.2, 0) is 6.18 Å². The minimum atomic E-state index is -4.55. The van der Waals surface area contributed by atoms with Crippen LogP contribution in [0, 0.1) is 0 Å². The topological polar surface area (TPSA) is 30.7 Å². The van der Waals surface area contributed by atoms with Crippen molar-refractivity contribution in [2.24, 2.45) is 0 Å². The van der Waals surface area contributed by atoms with Crippen molar-refractivity contribution in [3.63, 3.8) is 0 Å². The highest BCUT2D eigenvalue weighted by Gasteiger charge is 2.37. The Morgan fingerprint density at radius 1 is 1.22 bits per heavy atom. The van der Waals surface area contributed by atoms with Gasteiger partial charge in [0.25, 0.3) is 5.82 Å². The van der Waals surface area contributed by atoms with Crippen molar-refractivity contribution in [2.45, 2.75) is 11.3 Å². The lowest BCUT2D eigenvalue weighted by atomic mass is 10.3. The van der Waals surface area contributed by atoms with E-state index < -0.39 is 12.0 Å². The molecule has 0 bridgehead atoms. The van der Waals surface area contributed by atoms with Gasteiger partial charge in [0.05, 0.1) is 5.69 Å².